The lowest BCUT2D eigenvalue weighted by Crippen LogP contribution is -2.27. The van der Waals surface area contributed by atoms with Gasteiger partial charge in [-0.05, 0) is 37.3 Å². The van der Waals surface area contributed by atoms with E-state index >= 15 is 0 Å². The average Bonchev–Trinajstić information content (AvgIpc) is 2.47. The highest BCUT2D eigenvalue weighted by molar-refractivity contribution is 7.99. The summed E-state index contributed by atoms with van der Waals surface area (Å²) in [5.74, 6) is -4.45. The molecule has 122 valence electrons. The van der Waals surface area contributed by atoms with Gasteiger partial charge in [0, 0.05) is 22.1 Å². The SMILES string of the molecule is CC(NC(=O)c1ccc(SC(F)F)cc1)c1ccc(F)cc1F. The molecule has 0 saturated heterocycles. The quantitative estimate of drug-likeness (QED) is 0.626. The number of hydrogen-bond acceptors (Lipinski definition) is 2. The van der Waals surface area contributed by atoms with Crippen LogP contribution in [0.5, 0.6) is 0 Å². The highest BCUT2D eigenvalue weighted by Crippen LogP contribution is 2.25. The summed E-state index contributed by atoms with van der Waals surface area (Å²) in [7, 11) is 0. The van der Waals surface area contributed by atoms with Crippen molar-refractivity contribution in [3.05, 3.63) is 65.2 Å². The van der Waals surface area contributed by atoms with Crippen LogP contribution in [0.4, 0.5) is 17.6 Å². The number of halogens is 4. The van der Waals surface area contributed by atoms with E-state index in [-0.39, 0.29) is 11.1 Å². The molecule has 0 spiro atoms. The molecule has 0 aliphatic carbocycles. The van der Waals surface area contributed by atoms with Crippen molar-refractivity contribution in [2.75, 3.05) is 0 Å². The third-order valence-electron chi connectivity index (χ3n) is 3.12. The van der Waals surface area contributed by atoms with Gasteiger partial charge in [-0.1, -0.05) is 17.8 Å². The van der Waals surface area contributed by atoms with Crippen molar-refractivity contribution in [3.63, 3.8) is 0 Å². The Bertz CT molecular complexity index is 691. The van der Waals surface area contributed by atoms with Crippen LogP contribution in [0.25, 0.3) is 0 Å². The van der Waals surface area contributed by atoms with Crippen molar-refractivity contribution < 1.29 is 22.4 Å². The molecule has 7 heteroatoms. The maximum atomic E-state index is 13.7. The first-order valence-electron chi connectivity index (χ1n) is 6.67. The van der Waals surface area contributed by atoms with Crippen LogP contribution in [-0.4, -0.2) is 11.7 Å². The van der Waals surface area contributed by atoms with Crippen molar-refractivity contribution in [1.82, 2.24) is 5.32 Å². The van der Waals surface area contributed by atoms with Crippen LogP contribution < -0.4 is 5.32 Å². The molecule has 1 atom stereocenters. The molecule has 0 aromatic heterocycles. The molecule has 2 aromatic carbocycles. The van der Waals surface area contributed by atoms with E-state index in [1.165, 1.54) is 30.3 Å². The largest absolute Gasteiger partial charge is 0.345 e. The van der Waals surface area contributed by atoms with Gasteiger partial charge in [0.1, 0.15) is 11.6 Å². The number of rotatable bonds is 5. The first kappa shape index (κ1) is 17.3. The van der Waals surface area contributed by atoms with Gasteiger partial charge in [0.25, 0.3) is 11.7 Å². The zero-order valence-electron chi connectivity index (χ0n) is 12.0. The summed E-state index contributed by atoms with van der Waals surface area (Å²) in [5, 5.41) is 2.58. The molecule has 2 rings (SSSR count). The Morgan fingerprint density at radius 1 is 1.09 bits per heavy atom. The van der Waals surface area contributed by atoms with Crippen LogP contribution in [0.3, 0.4) is 0 Å². The monoisotopic (exact) mass is 343 g/mol. The molecule has 0 bridgehead atoms. The van der Waals surface area contributed by atoms with Crippen LogP contribution in [0.15, 0.2) is 47.4 Å². The van der Waals surface area contributed by atoms with Gasteiger partial charge in [0.05, 0.1) is 6.04 Å². The smallest absolute Gasteiger partial charge is 0.288 e. The lowest BCUT2D eigenvalue weighted by molar-refractivity contribution is 0.0939. The summed E-state index contributed by atoms with van der Waals surface area (Å²) in [6.07, 6.45) is 0. The number of benzene rings is 2. The van der Waals surface area contributed by atoms with Gasteiger partial charge in [-0.3, -0.25) is 4.79 Å². The van der Waals surface area contributed by atoms with E-state index in [0.717, 1.165) is 12.1 Å². The molecule has 1 unspecified atom stereocenters. The van der Waals surface area contributed by atoms with Crippen LogP contribution in [0.1, 0.15) is 28.9 Å². The first-order valence-corrected chi connectivity index (χ1v) is 7.55. The minimum absolute atomic E-state index is 0.157. The van der Waals surface area contributed by atoms with E-state index in [2.05, 4.69) is 5.32 Å². The minimum Gasteiger partial charge on any atom is -0.345 e. The normalized spacial score (nSPS) is 12.3. The molecule has 0 aliphatic rings. The Labute approximate surface area is 134 Å². The van der Waals surface area contributed by atoms with Crippen molar-refractivity contribution in [2.24, 2.45) is 0 Å². The number of nitrogens with one attached hydrogen (secondary N) is 1. The number of carbonyl (C=O) groups is 1. The van der Waals surface area contributed by atoms with E-state index < -0.39 is 29.3 Å². The van der Waals surface area contributed by atoms with Gasteiger partial charge < -0.3 is 5.32 Å². The predicted molar refractivity (Wildman–Crippen MR) is 80.5 cm³/mol. The lowest BCUT2D eigenvalue weighted by Gasteiger charge is -2.15. The van der Waals surface area contributed by atoms with Crippen molar-refractivity contribution in [3.8, 4) is 0 Å². The molecule has 23 heavy (non-hydrogen) atoms. The fourth-order valence-corrected chi connectivity index (χ4v) is 2.50. The second-order valence-corrected chi connectivity index (χ2v) is 5.83. The highest BCUT2D eigenvalue weighted by Gasteiger charge is 2.15. The second-order valence-electron chi connectivity index (χ2n) is 4.76. The fraction of sp³-hybridized carbons (Fsp3) is 0.188. The van der Waals surface area contributed by atoms with E-state index in [4.69, 9.17) is 0 Å². The number of amides is 1. The van der Waals surface area contributed by atoms with Crippen molar-refractivity contribution in [1.29, 1.82) is 0 Å². The maximum Gasteiger partial charge on any atom is 0.288 e. The van der Waals surface area contributed by atoms with Crippen molar-refractivity contribution in [2.45, 2.75) is 23.6 Å². The van der Waals surface area contributed by atoms with E-state index in [1.807, 2.05) is 0 Å². The number of thioether (sulfide) groups is 1. The molecule has 0 radical (unpaired) electrons. The van der Waals surface area contributed by atoms with Crippen LogP contribution in [0.2, 0.25) is 0 Å². The molecular weight excluding hydrogens is 330 g/mol. The molecular formula is C16H13F4NOS. The van der Waals surface area contributed by atoms with Gasteiger partial charge in [0.2, 0.25) is 0 Å². The highest BCUT2D eigenvalue weighted by atomic mass is 32.2. The fourth-order valence-electron chi connectivity index (χ4n) is 2.00. The zero-order valence-corrected chi connectivity index (χ0v) is 12.8. The van der Waals surface area contributed by atoms with Gasteiger partial charge in [-0.25, -0.2) is 8.78 Å². The van der Waals surface area contributed by atoms with Gasteiger partial charge >= 0.3 is 0 Å². The molecule has 2 aromatic rings. The summed E-state index contributed by atoms with van der Waals surface area (Å²) in [6, 6.07) is 8.09. The van der Waals surface area contributed by atoms with Gasteiger partial charge in [-0.15, -0.1) is 0 Å². The molecule has 1 amide bonds. The maximum absolute atomic E-state index is 13.7. The Balaban J connectivity index is 2.06. The van der Waals surface area contributed by atoms with Gasteiger partial charge in [-0.2, -0.15) is 8.78 Å². The van der Waals surface area contributed by atoms with Crippen LogP contribution in [-0.2, 0) is 0 Å². The van der Waals surface area contributed by atoms with Crippen LogP contribution >= 0.6 is 11.8 Å². The number of carbonyl (C=O) groups excluding carboxylic acids is 1. The zero-order chi connectivity index (χ0) is 17.0. The average molecular weight is 343 g/mol. The van der Waals surface area contributed by atoms with E-state index in [1.54, 1.807) is 6.92 Å². The van der Waals surface area contributed by atoms with Crippen molar-refractivity contribution >= 4 is 17.7 Å². The summed E-state index contributed by atoms with van der Waals surface area (Å²) < 4.78 is 51.0. The standard InChI is InChI=1S/C16H13F4NOS/c1-9(13-7-4-11(17)8-14(13)18)21-15(22)10-2-5-12(6-3-10)23-16(19)20/h2-9,16H,1H3,(H,21,22). The summed E-state index contributed by atoms with van der Waals surface area (Å²) in [4.78, 5) is 12.4. The Kier molecular flexibility index (Phi) is 5.65. The van der Waals surface area contributed by atoms with Crippen LogP contribution in [0, 0.1) is 11.6 Å². The van der Waals surface area contributed by atoms with E-state index in [0.29, 0.717) is 16.7 Å². The molecule has 0 saturated carbocycles. The topological polar surface area (TPSA) is 29.1 Å². The predicted octanol–water partition coefficient (Wildman–Crippen LogP) is 4.77. The minimum atomic E-state index is -2.53. The summed E-state index contributed by atoms with van der Waals surface area (Å²) in [6.45, 7) is 1.56. The van der Waals surface area contributed by atoms with Gasteiger partial charge in [0.15, 0.2) is 0 Å². The molecule has 0 heterocycles. The lowest BCUT2D eigenvalue weighted by atomic mass is 10.1. The Hall–Kier alpha value is -2.02. The molecule has 0 aliphatic heterocycles. The molecule has 2 nitrogen and oxygen atoms in total. The number of alkyl halides is 2. The summed E-state index contributed by atoms with van der Waals surface area (Å²) >= 11 is 0.383. The van der Waals surface area contributed by atoms with E-state index in [9.17, 15) is 22.4 Å². The second kappa shape index (κ2) is 7.50. The molecule has 0 fully saturated rings. The Morgan fingerprint density at radius 3 is 2.30 bits per heavy atom. The third kappa shape index (κ3) is 4.72. The Morgan fingerprint density at radius 2 is 1.74 bits per heavy atom. The third-order valence-corrected chi connectivity index (χ3v) is 3.84. The number of hydrogen-bond donors (Lipinski definition) is 1. The molecule has 1 N–H and O–H groups in total. The summed E-state index contributed by atoms with van der Waals surface area (Å²) in [5.41, 5.74) is 0.419. The first-order chi connectivity index (χ1) is 10.9.